The molecule has 2 rings (SSSR count). The van der Waals surface area contributed by atoms with Gasteiger partial charge in [-0.05, 0) is 36.1 Å². The minimum Gasteiger partial charge on any atom is -0.326 e. The fraction of sp³-hybridized carbons (Fsp3) is 0.333. The largest absolute Gasteiger partial charge is 0.326 e. The maximum absolute atomic E-state index is 12.5. The van der Waals surface area contributed by atoms with Gasteiger partial charge >= 0.3 is 0 Å². The highest BCUT2D eigenvalue weighted by Crippen LogP contribution is 2.28. The van der Waals surface area contributed by atoms with Crippen molar-refractivity contribution in [3.8, 4) is 0 Å². The molecule has 0 radical (unpaired) electrons. The van der Waals surface area contributed by atoms with Gasteiger partial charge in [-0.25, -0.2) is 0 Å². The topological polar surface area (TPSA) is 49.4 Å². The van der Waals surface area contributed by atoms with Gasteiger partial charge < -0.3 is 10.2 Å². The highest BCUT2D eigenvalue weighted by Gasteiger charge is 2.17. The first-order chi connectivity index (χ1) is 12.3. The first-order valence-electron chi connectivity index (χ1n) is 8.73. The Bertz CT molecular complexity index is 802. The maximum Gasteiger partial charge on any atom is 0.226 e. The van der Waals surface area contributed by atoms with Gasteiger partial charge in [-0.15, -0.1) is 0 Å². The summed E-state index contributed by atoms with van der Waals surface area (Å²) < 4.78 is 0. The number of halogens is 1. The molecule has 0 spiro atoms. The Kier molecular flexibility index (Phi) is 6.81. The van der Waals surface area contributed by atoms with Crippen LogP contribution < -0.4 is 10.2 Å². The highest BCUT2D eigenvalue weighted by molar-refractivity contribution is 6.33. The molecule has 0 heterocycles. The summed E-state index contributed by atoms with van der Waals surface area (Å²) >= 11 is 6.19. The number of carbonyl (C=O) groups is 2. The van der Waals surface area contributed by atoms with Crippen molar-refractivity contribution in [3.63, 3.8) is 0 Å². The second-order valence-corrected chi connectivity index (χ2v) is 7.02. The molecule has 138 valence electrons. The lowest BCUT2D eigenvalue weighted by molar-refractivity contribution is -0.117. The Morgan fingerprint density at radius 2 is 1.81 bits per heavy atom. The summed E-state index contributed by atoms with van der Waals surface area (Å²) in [4.78, 5) is 26.0. The Morgan fingerprint density at radius 3 is 2.42 bits per heavy atom. The molecule has 4 nitrogen and oxygen atoms in total. The predicted octanol–water partition coefficient (Wildman–Crippen LogP) is 5.15. The standard InChI is InChI=1S/C21H25ClN2O2/c1-14(2)17-9-7-8-15(3)21(17)23-20(26)12-13-24(16(4)25)19-11-6-5-10-18(19)22/h5-11,14H,12-13H2,1-4H3,(H,23,26). The molecule has 1 N–H and O–H groups in total. The number of carbonyl (C=O) groups excluding carboxylic acids is 2. The van der Waals surface area contributed by atoms with E-state index < -0.39 is 0 Å². The number of amides is 2. The van der Waals surface area contributed by atoms with Crippen molar-refractivity contribution in [2.45, 2.75) is 40.0 Å². The van der Waals surface area contributed by atoms with E-state index in [2.05, 4.69) is 19.2 Å². The minimum atomic E-state index is -0.148. The molecular weight excluding hydrogens is 348 g/mol. The number of aryl methyl sites for hydroxylation is 1. The smallest absolute Gasteiger partial charge is 0.226 e. The molecule has 0 aliphatic carbocycles. The van der Waals surface area contributed by atoms with Crippen LogP contribution in [0.25, 0.3) is 0 Å². The van der Waals surface area contributed by atoms with Gasteiger partial charge in [-0.1, -0.05) is 55.8 Å². The molecule has 0 aromatic heterocycles. The van der Waals surface area contributed by atoms with Gasteiger partial charge in [0.15, 0.2) is 0 Å². The van der Waals surface area contributed by atoms with Crippen LogP contribution in [0, 0.1) is 6.92 Å². The number of nitrogens with zero attached hydrogens (tertiary/aromatic N) is 1. The molecular formula is C21H25ClN2O2. The first-order valence-corrected chi connectivity index (χ1v) is 9.11. The number of hydrogen-bond acceptors (Lipinski definition) is 2. The Hall–Kier alpha value is -2.33. The zero-order valence-electron chi connectivity index (χ0n) is 15.7. The SMILES string of the molecule is CC(=O)N(CCC(=O)Nc1c(C)cccc1C(C)C)c1ccccc1Cl. The van der Waals surface area contributed by atoms with Crippen LogP contribution in [-0.2, 0) is 9.59 Å². The molecule has 2 aromatic carbocycles. The van der Waals surface area contributed by atoms with Crippen molar-refractivity contribution in [1.29, 1.82) is 0 Å². The minimum absolute atomic E-state index is 0.125. The third-order valence-electron chi connectivity index (χ3n) is 4.28. The predicted molar refractivity (Wildman–Crippen MR) is 108 cm³/mol. The second-order valence-electron chi connectivity index (χ2n) is 6.61. The highest BCUT2D eigenvalue weighted by atomic mass is 35.5. The van der Waals surface area contributed by atoms with Gasteiger partial charge in [0, 0.05) is 25.6 Å². The molecule has 0 saturated heterocycles. The fourth-order valence-corrected chi connectivity index (χ4v) is 3.11. The van der Waals surface area contributed by atoms with Crippen LogP contribution in [0.4, 0.5) is 11.4 Å². The fourth-order valence-electron chi connectivity index (χ4n) is 2.88. The van der Waals surface area contributed by atoms with Crippen LogP contribution in [0.5, 0.6) is 0 Å². The van der Waals surface area contributed by atoms with E-state index in [1.807, 2.05) is 37.3 Å². The molecule has 0 aliphatic heterocycles. The number of rotatable bonds is 6. The van der Waals surface area contributed by atoms with Crippen molar-refractivity contribution < 1.29 is 9.59 Å². The summed E-state index contributed by atoms with van der Waals surface area (Å²) in [6.07, 6.45) is 0.191. The molecule has 2 amide bonds. The van der Waals surface area contributed by atoms with Gasteiger partial charge in [0.2, 0.25) is 11.8 Å². The van der Waals surface area contributed by atoms with E-state index >= 15 is 0 Å². The van der Waals surface area contributed by atoms with Crippen molar-refractivity contribution >= 4 is 34.8 Å². The van der Waals surface area contributed by atoms with Crippen LogP contribution in [0.2, 0.25) is 5.02 Å². The van der Waals surface area contributed by atoms with Gasteiger partial charge in [0.25, 0.3) is 0 Å². The number of nitrogens with one attached hydrogen (secondary N) is 1. The van der Waals surface area contributed by atoms with E-state index in [4.69, 9.17) is 11.6 Å². The molecule has 26 heavy (non-hydrogen) atoms. The van der Waals surface area contributed by atoms with Crippen LogP contribution in [0.3, 0.4) is 0 Å². The summed E-state index contributed by atoms with van der Waals surface area (Å²) in [5.74, 6) is 0.0335. The molecule has 2 aromatic rings. The summed E-state index contributed by atoms with van der Waals surface area (Å²) in [6.45, 7) is 7.92. The first kappa shape index (κ1) is 20.0. The Morgan fingerprint density at radius 1 is 1.12 bits per heavy atom. The third-order valence-corrected chi connectivity index (χ3v) is 4.60. The van der Waals surface area contributed by atoms with Crippen molar-refractivity contribution in [3.05, 3.63) is 58.6 Å². The average Bonchev–Trinajstić information content (AvgIpc) is 2.58. The van der Waals surface area contributed by atoms with Crippen LogP contribution in [-0.4, -0.2) is 18.4 Å². The second kappa shape index (κ2) is 8.86. The monoisotopic (exact) mass is 372 g/mol. The quantitative estimate of drug-likeness (QED) is 0.761. The molecule has 0 bridgehead atoms. The average molecular weight is 373 g/mol. The van der Waals surface area contributed by atoms with Gasteiger partial charge in [-0.3, -0.25) is 9.59 Å². The zero-order valence-corrected chi connectivity index (χ0v) is 16.4. The van der Waals surface area contributed by atoms with Crippen molar-refractivity contribution in [2.75, 3.05) is 16.8 Å². The lowest BCUT2D eigenvalue weighted by atomic mass is 9.98. The molecule has 5 heteroatoms. The molecule has 0 aliphatic rings. The molecule has 0 unspecified atom stereocenters. The number of para-hydroxylation sites is 2. The third kappa shape index (κ3) is 4.85. The van der Waals surface area contributed by atoms with E-state index in [0.29, 0.717) is 16.6 Å². The molecule has 0 fully saturated rings. The Labute approximate surface area is 160 Å². The van der Waals surface area contributed by atoms with Crippen LogP contribution in [0.1, 0.15) is 44.2 Å². The van der Waals surface area contributed by atoms with E-state index in [1.165, 1.54) is 11.8 Å². The zero-order chi connectivity index (χ0) is 19.3. The molecule has 0 atom stereocenters. The van der Waals surface area contributed by atoms with E-state index in [1.54, 1.807) is 12.1 Å². The lowest BCUT2D eigenvalue weighted by Gasteiger charge is -2.22. The van der Waals surface area contributed by atoms with E-state index in [9.17, 15) is 9.59 Å². The number of anilines is 2. The summed E-state index contributed by atoms with van der Waals surface area (Å²) in [5.41, 5.74) is 3.61. The van der Waals surface area contributed by atoms with Crippen LogP contribution in [0.15, 0.2) is 42.5 Å². The summed E-state index contributed by atoms with van der Waals surface area (Å²) in [5, 5.41) is 3.50. The van der Waals surface area contributed by atoms with E-state index in [0.717, 1.165) is 16.8 Å². The van der Waals surface area contributed by atoms with Crippen molar-refractivity contribution in [2.24, 2.45) is 0 Å². The molecule has 0 saturated carbocycles. The van der Waals surface area contributed by atoms with Crippen LogP contribution >= 0.6 is 11.6 Å². The van der Waals surface area contributed by atoms with Gasteiger partial charge in [-0.2, -0.15) is 0 Å². The Balaban J connectivity index is 2.11. The van der Waals surface area contributed by atoms with Gasteiger partial charge in [0.1, 0.15) is 0 Å². The lowest BCUT2D eigenvalue weighted by Crippen LogP contribution is -2.32. The van der Waals surface area contributed by atoms with E-state index in [-0.39, 0.29) is 24.8 Å². The van der Waals surface area contributed by atoms with Gasteiger partial charge in [0.05, 0.1) is 10.7 Å². The normalized spacial score (nSPS) is 10.7. The summed E-state index contributed by atoms with van der Waals surface area (Å²) in [7, 11) is 0. The maximum atomic E-state index is 12.5. The number of benzene rings is 2. The number of hydrogen-bond donors (Lipinski definition) is 1. The summed E-state index contributed by atoms with van der Waals surface area (Å²) in [6, 6.07) is 13.1. The van der Waals surface area contributed by atoms with Crippen molar-refractivity contribution in [1.82, 2.24) is 0 Å².